The Hall–Kier alpha value is -1.48. The second-order valence-corrected chi connectivity index (χ2v) is 6.76. The molecule has 2 aliphatic rings. The van der Waals surface area contributed by atoms with Crippen LogP contribution in [0, 0.1) is 0 Å². The van der Waals surface area contributed by atoms with Gasteiger partial charge in [0.05, 0.1) is 18.2 Å². The van der Waals surface area contributed by atoms with E-state index in [0.29, 0.717) is 0 Å². The Labute approximate surface area is 134 Å². The second kappa shape index (κ2) is 6.56. The average Bonchev–Trinajstić information content (AvgIpc) is 2.45. The van der Waals surface area contributed by atoms with Gasteiger partial charge in [-0.05, 0) is 20.8 Å². The van der Waals surface area contributed by atoms with Gasteiger partial charge in [-0.3, -0.25) is 9.59 Å². The third-order valence-electron chi connectivity index (χ3n) is 4.09. The number of hydrogen-bond donors (Lipinski definition) is 5. The zero-order valence-electron chi connectivity index (χ0n) is 13.4. The highest BCUT2D eigenvalue weighted by atomic mass is 16.5. The number of ketones is 1. The van der Waals surface area contributed by atoms with Crippen LogP contribution in [-0.2, 0) is 14.3 Å². The first-order valence-corrected chi connectivity index (χ1v) is 7.63. The number of carbonyl (C=O) groups is 2. The van der Waals surface area contributed by atoms with E-state index in [1.165, 1.54) is 0 Å². The summed E-state index contributed by atoms with van der Waals surface area (Å²) in [6, 6.07) is -1.05. The number of hydrogen-bond acceptors (Lipinski definition) is 7. The predicted octanol–water partition coefficient (Wildman–Crippen LogP) is -1.80. The lowest BCUT2D eigenvalue weighted by Crippen LogP contribution is -2.66. The second-order valence-electron chi connectivity index (χ2n) is 6.76. The van der Waals surface area contributed by atoms with Gasteiger partial charge >= 0.3 is 0 Å². The van der Waals surface area contributed by atoms with Gasteiger partial charge in [0.15, 0.2) is 11.5 Å². The minimum absolute atomic E-state index is 0.0173. The summed E-state index contributed by atoms with van der Waals surface area (Å²) in [5.74, 6) is -0.812. The number of aliphatic hydroxyl groups excluding tert-OH is 3. The van der Waals surface area contributed by atoms with Crippen LogP contribution in [0.15, 0.2) is 11.8 Å². The van der Waals surface area contributed by atoms with Crippen LogP contribution in [0.4, 0.5) is 0 Å². The van der Waals surface area contributed by atoms with E-state index in [1.54, 1.807) is 20.8 Å². The number of amides is 1. The fraction of sp³-hybridized carbons (Fsp3) is 0.733. The largest absolute Gasteiger partial charge is 0.482 e. The third kappa shape index (κ3) is 4.08. The Morgan fingerprint density at radius 3 is 2.61 bits per heavy atom. The number of ether oxygens (including phenoxy) is 1. The van der Waals surface area contributed by atoms with E-state index in [9.17, 15) is 24.9 Å². The van der Waals surface area contributed by atoms with E-state index < -0.39 is 41.9 Å². The zero-order valence-corrected chi connectivity index (χ0v) is 13.4. The van der Waals surface area contributed by atoms with Crippen LogP contribution in [0.3, 0.4) is 0 Å². The topological polar surface area (TPSA) is 128 Å². The van der Waals surface area contributed by atoms with Gasteiger partial charge in [-0.25, -0.2) is 0 Å². The molecule has 5 atom stereocenters. The summed E-state index contributed by atoms with van der Waals surface area (Å²) in [7, 11) is 0. The first-order chi connectivity index (χ1) is 10.6. The molecule has 0 bridgehead atoms. The molecular weight excluding hydrogens is 304 g/mol. The normalized spacial score (nSPS) is 36.9. The van der Waals surface area contributed by atoms with Crippen LogP contribution in [0.1, 0.15) is 27.2 Å². The minimum atomic E-state index is -1.29. The molecule has 0 aromatic heterocycles. The molecular formula is C15H24N2O6. The van der Waals surface area contributed by atoms with Gasteiger partial charge in [0.25, 0.3) is 5.91 Å². The fourth-order valence-electron chi connectivity index (χ4n) is 2.83. The van der Waals surface area contributed by atoms with Gasteiger partial charge in [0, 0.05) is 25.1 Å². The molecule has 8 heteroatoms. The minimum Gasteiger partial charge on any atom is -0.482 e. The average molecular weight is 328 g/mol. The number of nitrogens with one attached hydrogen (secondary N) is 2. The van der Waals surface area contributed by atoms with Crippen LogP contribution in [0.2, 0.25) is 0 Å². The predicted molar refractivity (Wildman–Crippen MR) is 80.3 cm³/mol. The molecule has 2 heterocycles. The lowest BCUT2D eigenvalue weighted by molar-refractivity contribution is -0.132. The Morgan fingerprint density at radius 1 is 1.35 bits per heavy atom. The number of allylic oxidation sites excluding steroid dienone is 1. The van der Waals surface area contributed by atoms with Crippen molar-refractivity contribution in [2.45, 2.75) is 63.2 Å². The first-order valence-electron chi connectivity index (χ1n) is 7.63. The highest BCUT2D eigenvalue weighted by Gasteiger charge is 2.40. The fourth-order valence-corrected chi connectivity index (χ4v) is 2.83. The molecule has 1 amide bonds. The van der Waals surface area contributed by atoms with Crippen molar-refractivity contribution < 1.29 is 29.6 Å². The van der Waals surface area contributed by atoms with Crippen molar-refractivity contribution in [1.82, 2.24) is 10.6 Å². The number of aliphatic hydroxyl groups is 3. The lowest BCUT2D eigenvalue weighted by Gasteiger charge is -2.40. The highest BCUT2D eigenvalue weighted by Crippen LogP contribution is 2.24. The molecule has 5 N–H and O–H groups in total. The summed E-state index contributed by atoms with van der Waals surface area (Å²) in [6.45, 7) is 5.13. The molecule has 0 spiro atoms. The Kier molecular flexibility index (Phi) is 5.10. The maximum Gasteiger partial charge on any atom is 0.286 e. The molecule has 1 saturated heterocycles. The Bertz CT molecular complexity index is 518. The molecule has 0 saturated carbocycles. The van der Waals surface area contributed by atoms with Crippen molar-refractivity contribution in [3.05, 3.63) is 11.8 Å². The summed E-state index contributed by atoms with van der Waals surface area (Å²) in [4.78, 5) is 23.8. The Balaban J connectivity index is 1.95. The highest BCUT2D eigenvalue weighted by molar-refractivity contribution is 6.01. The maximum absolute atomic E-state index is 12.1. The number of rotatable bonds is 3. The summed E-state index contributed by atoms with van der Waals surface area (Å²) >= 11 is 0. The molecule has 8 nitrogen and oxygen atoms in total. The van der Waals surface area contributed by atoms with E-state index in [0.717, 1.165) is 6.08 Å². The zero-order chi connectivity index (χ0) is 17.4. The molecule has 1 fully saturated rings. The summed E-state index contributed by atoms with van der Waals surface area (Å²) in [5, 5.41) is 34.9. The van der Waals surface area contributed by atoms with Crippen molar-refractivity contribution in [3.63, 3.8) is 0 Å². The molecule has 0 aliphatic carbocycles. The van der Waals surface area contributed by atoms with Gasteiger partial charge in [-0.15, -0.1) is 0 Å². The van der Waals surface area contributed by atoms with E-state index in [1.807, 2.05) is 0 Å². The third-order valence-corrected chi connectivity index (χ3v) is 4.09. The molecule has 0 radical (unpaired) electrons. The molecule has 0 aromatic rings. The van der Waals surface area contributed by atoms with Crippen molar-refractivity contribution in [2.24, 2.45) is 0 Å². The quantitative estimate of drug-likeness (QED) is 0.413. The summed E-state index contributed by atoms with van der Waals surface area (Å²) in [6.07, 6.45) is -2.24. The van der Waals surface area contributed by atoms with Gasteiger partial charge < -0.3 is 30.7 Å². The standard InChI is InChI=1S/C15H24N2O6/c1-7-11(19)13(21)12(20)9(17-7)6-16-14(22)10-4-8(18)5-15(2,3)23-10/h4,7,9,11-13,17,19-21H,5-6H2,1-3H3,(H,16,22)/t7-,9+,11+,12+,13+/m0/s1. The van der Waals surface area contributed by atoms with Crippen molar-refractivity contribution in [3.8, 4) is 0 Å². The van der Waals surface area contributed by atoms with Crippen LogP contribution in [0.25, 0.3) is 0 Å². The van der Waals surface area contributed by atoms with Crippen molar-refractivity contribution >= 4 is 11.7 Å². The van der Waals surface area contributed by atoms with Gasteiger partial charge in [-0.1, -0.05) is 0 Å². The van der Waals surface area contributed by atoms with Crippen LogP contribution >= 0.6 is 0 Å². The van der Waals surface area contributed by atoms with E-state index in [-0.39, 0.29) is 24.5 Å². The smallest absolute Gasteiger partial charge is 0.286 e. The van der Waals surface area contributed by atoms with Crippen LogP contribution < -0.4 is 10.6 Å². The molecule has 130 valence electrons. The van der Waals surface area contributed by atoms with E-state index in [4.69, 9.17) is 4.74 Å². The SMILES string of the molecule is C[C@@H]1N[C@H](CNC(=O)C2=CC(=O)CC(C)(C)O2)[C@@H](O)[C@H](O)[C@@H]1O. The number of piperidine rings is 1. The van der Waals surface area contributed by atoms with Gasteiger partial charge in [0.2, 0.25) is 0 Å². The Morgan fingerprint density at radius 2 is 2.00 bits per heavy atom. The van der Waals surface area contributed by atoms with Gasteiger partial charge in [-0.2, -0.15) is 0 Å². The van der Waals surface area contributed by atoms with Crippen LogP contribution in [0.5, 0.6) is 0 Å². The summed E-state index contributed by atoms with van der Waals surface area (Å²) < 4.78 is 5.49. The molecule has 0 unspecified atom stereocenters. The molecule has 2 aliphatic heterocycles. The molecule has 0 aromatic carbocycles. The van der Waals surface area contributed by atoms with Crippen molar-refractivity contribution in [2.75, 3.05) is 6.54 Å². The van der Waals surface area contributed by atoms with E-state index in [2.05, 4.69) is 10.6 Å². The number of carbonyl (C=O) groups excluding carboxylic acids is 2. The maximum atomic E-state index is 12.1. The lowest BCUT2D eigenvalue weighted by atomic mass is 9.91. The van der Waals surface area contributed by atoms with Crippen molar-refractivity contribution in [1.29, 1.82) is 0 Å². The summed E-state index contributed by atoms with van der Waals surface area (Å²) in [5.41, 5.74) is -0.740. The molecule has 23 heavy (non-hydrogen) atoms. The monoisotopic (exact) mass is 328 g/mol. The first kappa shape index (κ1) is 17.9. The molecule has 2 rings (SSSR count). The van der Waals surface area contributed by atoms with Gasteiger partial charge in [0.1, 0.15) is 11.7 Å². The van der Waals surface area contributed by atoms with E-state index >= 15 is 0 Å². The van der Waals surface area contributed by atoms with Crippen LogP contribution in [-0.4, -0.2) is 69.6 Å².